The predicted octanol–water partition coefficient (Wildman–Crippen LogP) is 2.17. The van der Waals surface area contributed by atoms with Crippen LogP contribution in [0, 0.1) is 0 Å². The first-order valence-electron chi connectivity index (χ1n) is 5.58. The molecule has 0 radical (unpaired) electrons. The zero-order valence-corrected chi connectivity index (χ0v) is 9.55. The first kappa shape index (κ1) is 10.5. The van der Waals surface area contributed by atoms with Gasteiger partial charge in [0.1, 0.15) is 5.82 Å². The highest BCUT2D eigenvalue weighted by Crippen LogP contribution is 2.27. The van der Waals surface area contributed by atoms with Crippen molar-refractivity contribution < 1.29 is 0 Å². The van der Waals surface area contributed by atoms with Crippen LogP contribution in [0.5, 0.6) is 0 Å². The normalized spacial score (nSPS) is 10.7. The lowest BCUT2D eigenvalue weighted by Gasteiger charge is -2.06. The summed E-state index contributed by atoms with van der Waals surface area (Å²) in [4.78, 5) is 18.1. The van der Waals surface area contributed by atoms with Crippen molar-refractivity contribution in [1.82, 2.24) is 9.97 Å². The highest BCUT2D eigenvalue weighted by Gasteiger charge is 2.06. The van der Waals surface area contributed by atoms with Crippen molar-refractivity contribution in [3.8, 4) is 11.1 Å². The number of nitrogens with zero attached hydrogens (tertiary/aromatic N) is 1. The molecule has 1 aromatic carbocycles. The molecule has 18 heavy (non-hydrogen) atoms. The third-order valence-corrected chi connectivity index (χ3v) is 2.83. The quantitative estimate of drug-likeness (QED) is 0.681. The van der Waals surface area contributed by atoms with Crippen LogP contribution < -0.4 is 11.3 Å². The molecule has 0 bridgehead atoms. The predicted molar refractivity (Wildman–Crippen MR) is 72.2 cm³/mol. The van der Waals surface area contributed by atoms with Crippen LogP contribution >= 0.6 is 0 Å². The Kier molecular flexibility index (Phi) is 2.34. The van der Waals surface area contributed by atoms with Crippen molar-refractivity contribution in [2.75, 3.05) is 5.73 Å². The average Bonchev–Trinajstić information content (AvgIpc) is 2.39. The average molecular weight is 237 g/mol. The minimum atomic E-state index is -0.179. The molecule has 0 aliphatic heterocycles. The van der Waals surface area contributed by atoms with Gasteiger partial charge in [0.05, 0.1) is 5.52 Å². The number of aromatic amines is 1. The number of hydrogen-bond acceptors (Lipinski definition) is 3. The highest BCUT2D eigenvalue weighted by molar-refractivity contribution is 5.88. The van der Waals surface area contributed by atoms with Crippen molar-refractivity contribution in [1.29, 1.82) is 0 Å². The van der Waals surface area contributed by atoms with Crippen molar-refractivity contribution in [2.45, 2.75) is 0 Å². The molecule has 0 fully saturated rings. The van der Waals surface area contributed by atoms with E-state index in [1.54, 1.807) is 6.20 Å². The molecule has 2 aromatic heterocycles. The molecule has 0 aliphatic rings. The molecule has 0 amide bonds. The highest BCUT2D eigenvalue weighted by atomic mass is 16.1. The lowest BCUT2D eigenvalue weighted by Crippen LogP contribution is -2.04. The maximum atomic E-state index is 11.2. The number of H-pyrrole nitrogens is 1. The standard InChI is InChI=1S/C14H11N3O/c15-14-11(9-4-2-1-3-5-9)6-10-8-16-13(18)7-12(10)17-14/h1-8H,(H2,15,17)(H,16,18). The lowest BCUT2D eigenvalue weighted by molar-refractivity contribution is 1.25. The Hall–Kier alpha value is -2.62. The molecule has 3 N–H and O–H groups in total. The van der Waals surface area contributed by atoms with Crippen LogP contribution in [-0.4, -0.2) is 9.97 Å². The Balaban J connectivity index is 2.29. The number of pyridine rings is 2. The number of nitrogens with one attached hydrogen (secondary N) is 1. The third kappa shape index (κ3) is 1.73. The Morgan fingerprint density at radius 2 is 1.89 bits per heavy atom. The van der Waals surface area contributed by atoms with Gasteiger partial charge in [-0.3, -0.25) is 4.79 Å². The van der Waals surface area contributed by atoms with Crippen LogP contribution in [0.15, 0.2) is 53.5 Å². The molecular weight excluding hydrogens is 226 g/mol. The molecule has 88 valence electrons. The Bertz CT molecular complexity index is 763. The van der Waals surface area contributed by atoms with Crippen molar-refractivity contribution in [3.05, 3.63) is 59.0 Å². The van der Waals surface area contributed by atoms with Gasteiger partial charge in [0.15, 0.2) is 0 Å². The lowest BCUT2D eigenvalue weighted by atomic mass is 10.1. The zero-order valence-electron chi connectivity index (χ0n) is 9.55. The van der Waals surface area contributed by atoms with Crippen LogP contribution in [-0.2, 0) is 0 Å². The number of nitrogen functional groups attached to an aromatic ring is 1. The summed E-state index contributed by atoms with van der Waals surface area (Å²) in [5, 5.41) is 0.864. The van der Waals surface area contributed by atoms with Gasteiger partial charge in [-0.25, -0.2) is 4.98 Å². The monoisotopic (exact) mass is 237 g/mol. The van der Waals surface area contributed by atoms with Crippen LogP contribution in [0.2, 0.25) is 0 Å². The Labute approximate surface area is 103 Å². The van der Waals surface area contributed by atoms with Gasteiger partial charge in [-0.15, -0.1) is 0 Å². The molecule has 0 saturated heterocycles. The van der Waals surface area contributed by atoms with Gasteiger partial charge in [0.2, 0.25) is 5.56 Å². The molecule has 4 nitrogen and oxygen atoms in total. The number of nitrogens with two attached hydrogens (primary N) is 1. The maximum absolute atomic E-state index is 11.2. The second-order valence-corrected chi connectivity index (χ2v) is 4.06. The van der Waals surface area contributed by atoms with Gasteiger partial charge in [-0.1, -0.05) is 30.3 Å². The van der Waals surface area contributed by atoms with E-state index in [0.717, 1.165) is 16.5 Å². The van der Waals surface area contributed by atoms with E-state index in [2.05, 4.69) is 9.97 Å². The van der Waals surface area contributed by atoms with E-state index in [-0.39, 0.29) is 5.56 Å². The summed E-state index contributed by atoms with van der Waals surface area (Å²) in [6, 6.07) is 13.2. The van der Waals surface area contributed by atoms with E-state index >= 15 is 0 Å². The second-order valence-electron chi connectivity index (χ2n) is 4.06. The summed E-state index contributed by atoms with van der Waals surface area (Å²) in [6.45, 7) is 0. The van der Waals surface area contributed by atoms with E-state index in [4.69, 9.17) is 5.73 Å². The van der Waals surface area contributed by atoms with Crippen LogP contribution in [0.1, 0.15) is 0 Å². The summed E-state index contributed by atoms with van der Waals surface area (Å²) < 4.78 is 0. The molecule has 0 saturated carbocycles. The van der Waals surface area contributed by atoms with Gasteiger partial charge in [-0.2, -0.15) is 0 Å². The van der Waals surface area contributed by atoms with Crippen molar-refractivity contribution in [3.63, 3.8) is 0 Å². The van der Waals surface area contributed by atoms with E-state index in [1.165, 1.54) is 6.07 Å². The fourth-order valence-corrected chi connectivity index (χ4v) is 1.95. The van der Waals surface area contributed by atoms with E-state index in [0.29, 0.717) is 11.3 Å². The molecular formula is C14H11N3O. The van der Waals surface area contributed by atoms with Gasteiger partial charge in [-0.05, 0) is 11.6 Å². The zero-order chi connectivity index (χ0) is 12.5. The molecule has 0 atom stereocenters. The van der Waals surface area contributed by atoms with Crippen molar-refractivity contribution in [2.24, 2.45) is 0 Å². The van der Waals surface area contributed by atoms with Crippen LogP contribution in [0.25, 0.3) is 22.0 Å². The smallest absolute Gasteiger partial charge is 0.250 e. The summed E-state index contributed by atoms with van der Waals surface area (Å²) in [5.41, 5.74) is 8.25. The largest absolute Gasteiger partial charge is 0.383 e. The molecule has 4 heteroatoms. The SMILES string of the molecule is Nc1nc2cc(=O)[nH]cc2cc1-c1ccccc1. The fourth-order valence-electron chi connectivity index (χ4n) is 1.95. The molecule has 0 unspecified atom stereocenters. The second kappa shape index (κ2) is 4.00. The number of hydrogen-bond donors (Lipinski definition) is 2. The summed E-state index contributed by atoms with van der Waals surface area (Å²) in [5.74, 6) is 0.430. The van der Waals surface area contributed by atoms with Gasteiger partial charge in [0.25, 0.3) is 0 Å². The molecule has 3 aromatic rings. The molecule has 2 heterocycles. The molecule has 3 rings (SSSR count). The Morgan fingerprint density at radius 1 is 1.11 bits per heavy atom. The van der Waals surface area contributed by atoms with Crippen LogP contribution in [0.3, 0.4) is 0 Å². The maximum Gasteiger partial charge on any atom is 0.250 e. The third-order valence-electron chi connectivity index (χ3n) is 2.83. The number of fused-ring (bicyclic) bond motifs is 1. The first-order valence-corrected chi connectivity index (χ1v) is 5.58. The topological polar surface area (TPSA) is 71.8 Å². The van der Waals surface area contributed by atoms with Gasteiger partial charge >= 0.3 is 0 Å². The fraction of sp³-hybridized carbons (Fsp3) is 0. The Morgan fingerprint density at radius 3 is 2.67 bits per heavy atom. The van der Waals surface area contributed by atoms with E-state index < -0.39 is 0 Å². The summed E-state index contributed by atoms with van der Waals surface area (Å²) in [7, 11) is 0. The number of aromatic nitrogens is 2. The van der Waals surface area contributed by atoms with Gasteiger partial charge < -0.3 is 10.7 Å². The van der Waals surface area contributed by atoms with Crippen LogP contribution in [0.4, 0.5) is 5.82 Å². The first-order chi connectivity index (χ1) is 8.74. The van der Waals surface area contributed by atoms with E-state index in [9.17, 15) is 4.79 Å². The molecule has 0 aliphatic carbocycles. The number of benzene rings is 1. The summed E-state index contributed by atoms with van der Waals surface area (Å²) >= 11 is 0. The molecule has 0 spiro atoms. The minimum Gasteiger partial charge on any atom is -0.383 e. The van der Waals surface area contributed by atoms with Crippen molar-refractivity contribution >= 4 is 16.7 Å². The minimum absolute atomic E-state index is 0.179. The van der Waals surface area contributed by atoms with E-state index in [1.807, 2.05) is 36.4 Å². The summed E-state index contributed by atoms with van der Waals surface area (Å²) in [6.07, 6.45) is 1.65. The number of rotatable bonds is 1. The number of anilines is 1. The van der Waals surface area contributed by atoms with Gasteiger partial charge in [0, 0.05) is 23.2 Å².